The third-order valence-corrected chi connectivity index (χ3v) is 4.70. The fourth-order valence-corrected chi connectivity index (χ4v) is 3.83. The van der Waals surface area contributed by atoms with Crippen LogP contribution >= 0.6 is 24.0 Å². The first-order valence-electron chi connectivity index (χ1n) is 5.91. The fraction of sp³-hybridized carbons (Fsp3) is 0.500. The van der Waals surface area contributed by atoms with Gasteiger partial charge < -0.3 is 4.98 Å². The van der Waals surface area contributed by atoms with Gasteiger partial charge in [0.15, 0.2) is 10.4 Å². The predicted molar refractivity (Wildman–Crippen MR) is 75.3 cm³/mol. The van der Waals surface area contributed by atoms with Gasteiger partial charge in [-0.15, -0.1) is 0 Å². The van der Waals surface area contributed by atoms with Crippen LogP contribution in [-0.2, 0) is 0 Å². The Hall–Kier alpha value is -0.810. The lowest BCUT2D eigenvalue weighted by Gasteiger charge is -2.22. The van der Waals surface area contributed by atoms with Gasteiger partial charge in [-0.05, 0) is 49.9 Å². The highest BCUT2D eigenvalue weighted by atomic mass is 32.2. The van der Waals surface area contributed by atoms with E-state index in [4.69, 9.17) is 12.2 Å². The van der Waals surface area contributed by atoms with E-state index in [2.05, 4.69) is 20.6 Å². The van der Waals surface area contributed by atoms with Gasteiger partial charge in [0.2, 0.25) is 0 Å². The molecule has 0 aliphatic carbocycles. The summed E-state index contributed by atoms with van der Waals surface area (Å²) in [6.45, 7) is 2.02. The van der Waals surface area contributed by atoms with Crippen molar-refractivity contribution >= 4 is 35.1 Å². The van der Waals surface area contributed by atoms with Gasteiger partial charge in [-0.2, -0.15) is 11.8 Å². The molecule has 0 bridgehead atoms. The maximum atomic E-state index is 5.44. The Morgan fingerprint density at radius 2 is 2.41 bits per heavy atom. The molecule has 90 valence electrons. The molecule has 17 heavy (non-hydrogen) atoms. The van der Waals surface area contributed by atoms with Gasteiger partial charge in [-0.3, -0.25) is 4.57 Å². The number of aromatic amines is 1. The zero-order valence-electron chi connectivity index (χ0n) is 9.77. The van der Waals surface area contributed by atoms with Crippen LogP contribution in [0.5, 0.6) is 0 Å². The van der Waals surface area contributed by atoms with Crippen molar-refractivity contribution in [2.24, 2.45) is 0 Å². The molecule has 1 aliphatic rings. The van der Waals surface area contributed by atoms with E-state index in [0.29, 0.717) is 6.04 Å². The van der Waals surface area contributed by atoms with Gasteiger partial charge in [-0.1, -0.05) is 0 Å². The van der Waals surface area contributed by atoms with E-state index in [9.17, 15) is 0 Å². The number of aryl methyl sites for hydroxylation is 1. The number of hydrogen-bond donors (Lipinski definition) is 1. The van der Waals surface area contributed by atoms with Crippen molar-refractivity contribution in [2.45, 2.75) is 25.8 Å². The standard InChI is InChI=1S/C12H15N3S2/c1-8-4-5-10-11(13-8)15(12(16)14-10)9-3-2-6-17-7-9/h4-5,9H,2-3,6-7H2,1H3,(H,14,16). The summed E-state index contributed by atoms with van der Waals surface area (Å²) in [5.74, 6) is 2.43. The highest BCUT2D eigenvalue weighted by Crippen LogP contribution is 2.29. The van der Waals surface area contributed by atoms with Crippen molar-refractivity contribution in [1.82, 2.24) is 14.5 Å². The quantitative estimate of drug-likeness (QED) is 0.802. The van der Waals surface area contributed by atoms with Crippen molar-refractivity contribution in [1.29, 1.82) is 0 Å². The molecular formula is C12H15N3S2. The smallest absolute Gasteiger partial charge is 0.179 e. The van der Waals surface area contributed by atoms with Crippen LogP contribution < -0.4 is 0 Å². The minimum atomic E-state index is 0.504. The largest absolute Gasteiger partial charge is 0.329 e. The Morgan fingerprint density at radius 3 is 3.18 bits per heavy atom. The average molecular weight is 265 g/mol. The van der Waals surface area contributed by atoms with Gasteiger partial charge in [0.1, 0.15) is 0 Å². The molecule has 2 aromatic heterocycles. The number of nitrogens with zero attached hydrogens (tertiary/aromatic N) is 2. The fourth-order valence-electron chi connectivity index (χ4n) is 2.36. The minimum absolute atomic E-state index is 0.504. The molecule has 0 aromatic carbocycles. The molecule has 3 rings (SSSR count). The molecule has 0 saturated carbocycles. The zero-order chi connectivity index (χ0) is 11.8. The summed E-state index contributed by atoms with van der Waals surface area (Å²) in [4.78, 5) is 7.89. The molecule has 0 amide bonds. The summed E-state index contributed by atoms with van der Waals surface area (Å²) in [5, 5.41) is 0. The Morgan fingerprint density at radius 1 is 1.53 bits per heavy atom. The van der Waals surface area contributed by atoms with E-state index < -0.39 is 0 Å². The van der Waals surface area contributed by atoms with Crippen LogP contribution in [0.1, 0.15) is 24.6 Å². The Labute approximate surface area is 110 Å². The van der Waals surface area contributed by atoms with E-state index >= 15 is 0 Å². The van der Waals surface area contributed by atoms with E-state index in [-0.39, 0.29) is 0 Å². The molecule has 1 fully saturated rings. The average Bonchev–Trinajstić information content (AvgIpc) is 2.65. The number of rotatable bonds is 1. The Bertz CT molecular complexity index is 593. The molecule has 0 radical (unpaired) electrons. The summed E-state index contributed by atoms with van der Waals surface area (Å²) >= 11 is 7.45. The molecule has 1 N–H and O–H groups in total. The topological polar surface area (TPSA) is 33.6 Å². The predicted octanol–water partition coefficient (Wildman–Crippen LogP) is 3.47. The maximum absolute atomic E-state index is 5.44. The SMILES string of the molecule is Cc1ccc2[nH]c(=S)n(C3CCCSC3)c2n1. The first kappa shape index (κ1) is 11.3. The molecule has 0 spiro atoms. The van der Waals surface area contributed by atoms with E-state index in [1.54, 1.807) is 0 Å². The second-order valence-electron chi connectivity index (χ2n) is 4.49. The molecule has 3 heterocycles. The third kappa shape index (κ3) is 2.02. The van der Waals surface area contributed by atoms with Crippen LogP contribution in [0, 0.1) is 11.7 Å². The molecule has 5 heteroatoms. The van der Waals surface area contributed by atoms with Crippen LogP contribution in [0.4, 0.5) is 0 Å². The minimum Gasteiger partial charge on any atom is -0.329 e. The second kappa shape index (κ2) is 4.46. The molecule has 1 atom stereocenters. The second-order valence-corrected chi connectivity index (χ2v) is 6.03. The third-order valence-electron chi connectivity index (χ3n) is 3.20. The van der Waals surface area contributed by atoms with Gasteiger partial charge >= 0.3 is 0 Å². The monoisotopic (exact) mass is 265 g/mol. The lowest BCUT2D eigenvalue weighted by molar-refractivity contribution is 0.503. The van der Waals surface area contributed by atoms with E-state index in [1.807, 2.05) is 24.8 Å². The van der Waals surface area contributed by atoms with Crippen molar-refractivity contribution < 1.29 is 0 Å². The summed E-state index contributed by atoms with van der Waals surface area (Å²) in [7, 11) is 0. The number of imidazole rings is 1. The first-order chi connectivity index (χ1) is 8.25. The van der Waals surface area contributed by atoms with Gasteiger partial charge in [0, 0.05) is 17.5 Å². The number of nitrogens with one attached hydrogen (secondary N) is 1. The van der Waals surface area contributed by atoms with Crippen LogP contribution in [-0.4, -0.2) is 26.0 Å². The number of H-pyrrole nitrogens is 1. The Balaban J connectivity index is 2.16. The molecule has 1 saturated heterocycles. The van der Waals surface area contributed by atoms with Gasteiger partial charge in [-0.25, -0.2) is 4.98 Å². The van der Waals surface area contributed by atoms with Gasteiger partial charge in [0.05, 0.1) is 5.52 Å². The highest BCUT2D eigenvalue weighted by Gasteiger charge is 2.19. The summed E-state index contributed by atoms with van der Waals surface area (Å²) < 4.78 is 3.02. The zero-order valence-corrected chi connectivity index (χ0v) is 11.4. The summed E-state index contributed by atoms with van der Waals surface area (Å²) in [6, 6.07) is 4.59. The van der Waals surface area contributed by atoms with Crippen LogP contribution in [0.3, 0.4) is 0 Å². The number of aromatic nitrogens is 3. The van der Waals surface area contributed by atoms with E-state index in [1.165, 1.54) is 18.6 Å². The normalized spacial score (nSPS) is 20.9. The van der Waals surface area contributed by atoms with Crippen molar-refractivity contribution in [2.75, 3.05) is 11.5 Å². The van der Waals surface area contributed by atoms with Crippen molar-refractivity contribution in [3.05, 3.63) is 22.6 Å². The number of fused-ring (bicyclic) bond motifs is 1. The van der Waals surface area contributed by atoms with Crippen LogP contribution in [0.15, 0.2) is 12.1 Å². The van der Waals surface area contributed by atoms with Crippen molar-refractivity contribution in [3.63, 3.8) is 0 Å². The van der Waals surface area contributed by atoms with Gasteiger partial charge in [0.25, 0.3) is 0 Å². The first-order valence-corrected chi connectivity index (χ1v) is 7.47. The van der Waals surface area contributed by atoms with Crippen molar-refractivity contribution in [3.8, 4) is 0 Å². The highest BCUT2D eigenvalue weighted by molar-refractivity contribution is 7.99. The molecule has 3 nitrogen and oxygen atoms in total. The molecule has 1 unspecified atom stereocenters. The maximum Gasteiger partial charge on any atom is 0.179 e. The lowest BCUT2D eigenvalue weighted by Crippen LogP contribution is -2.16. The molecule has 2 aromatic rings. The molecular weight excluding hydrogens is 250 g/mol. The Kier molecular flexibility index (Phi) is 2.96. The summed E-state index contributed by atoms with van der Waals surface area (Å²) in [5.41, 5.74) is 3.11. The number of pyridine rings is 1. The number of thioether (sulfide) groups is 1. The van der Waals surface area contributed by atoms with Crippen LogP contribution in [0.25, 0.3) is 11.2 Å². The number of hydrogen-bond acceptors (Lipinski definition) is 3. The van der Waals surface area contributed by atoms with Crippen LogP contribution in [0.2, 0.25) is 0 Å². The summed E-state index contributed by atoms with van der Waals surface area (Å²) in [6.07, 6.45) is 2.49. The molecule has 1 aliphatic heterocycles. The van der Waals surface area contributed by atoms with E-state index in [0.717, 1.165) is 27.4 Å². The lowest BCUT2D eigenvalue weighted by atomic mass is 10.2.